The average Bonchev–Trinajstić information content (AvgIpc) is 2.16. The molecule has 14 heavy (non-hydrogen) atoms. The Morgan fingerprint density at radius 3 is 2.36 bits per heavy atom. The van der Waals surface area contributed by atoms with E-state index in [1.807, 2.05) is 0 Å². The molecule has 0 spiro atoms. The summed E-state index contributed by atoms with van der Waals surface area (Å²) in [5, 5.41) is 9.20. The van der Waals surface area contributed by atoms with Crippen LogP contribution in [0.4, 0.5) is 0 Å². The summed E-state index contributed by atoms with van der Waals surface area (Å²) in [6.07, 6.45) is 0. The summed E-state index contributed by atoms with van der Waals surface area (Å²) in [7, 11) is 1.11. The van der Waals surface area contributed by atoms with Gasteiger partial charge in [0.05, 0.1) is 12.7 Å². The number of methoxy groups -OCH3 is 1. The molecule has 0 heterocycles. The molecule has 0 saturated heterocycles. The topological polar surface area (TPSA) is 95.1 Å². The van der Waals surface area contributed by atoms with Crippen LogP contribution in [0.5, 0.6) is 5.75 Å². The molecular formula is C9H10O5. The van der Waals surface area contributed by atoms with E-state index in [9.17, 15) is 14.7 Å². The van der Waals surface area contributed by atoms with Crippen LogP contribution in [0.2, 0.25) is 0 Å². The normalized spacial score (nSPS) is 8.64. The Hall–Kier alpha value is -1.88. The molecule has 0 bridgehead atoms. The van der Waals surface area contributed by atoms with Crippen molar-refractivity contribution < 1.29 is 24.9 Å². The molecule has 1 aromatic carbocycles. The second kappa shape index (κ2) is 4.98. The van der Waals surface area contributed by atoms with Crippen LogP contribution in [0.1, 0.15) is 10.4 Å². The highest BCUT2D eigenvalue weighted by Gasteiger charge is 2.19. The number of carbonyl (C=O) groups is 2. The summed E-state index contributed by atoms with van der Waals surface area (Å²) >= 11 is 0. The van der Waals surface area contributed by atoms with E-state index in [-0.39, 0.29) is 16.8 Å². The minimum Gasteiger partial charge on any atom is -0.507 e. The second-order valence-electron chi connectivity index (χ2n) is 2.34. The summed E-state index contributed by atoms with van der Waals surface area (Å²) in [6, 6.07) is 5.80. The molecule has 5 heteroatoms. The summed E-state index contributed by atoms with van der Waals surface area (Å²) in [5.41, 5.74) is -0.0469. The van der Waals surface area contributed by atoms with E-state index in [2.05, 4.69) is 4.74 Å². The van der Waals surface area contributed by atoms with Crippen molar-refractivity contribution in [1.29, 1.82) is 0 Å². The first kappa shape index (κ1) is 12.1. The molecule has 0 unspecified atom stereocenters. The van der Waals surface area contributed by atoms with Crippen molar-refractivity contribution in [2.75, 3.05) is 7.11 Å². The highest BCUT2D eigenvalue weighted by Crippen LogP contribution is 2.16. The van der Waals surface area contributed by atoms with Crippen molar-refractivity contribution in [3.8, 4) is 5.75 Å². The van der Waals surface area contributed by atoms with E-state index in [0.717, 1.165) is 7.11 Å². The first-order valence-electron chi connectivity index (χ1n) is 3.57. The van der Waals surface area contributed by atoms with E-state index in [1.54, 1.807) is 12.1 Å². The molecule has 76 valence electrons. The predicted molar refractivity (Wildman–Crippen MR) is 48.1 cm³/mol. The van der Waals surface area contributed by atoms with Gasteiger partial charge in [-0.05, 0) is 12.1 Å². The first-order valence-corrected chi connectivity index (χ1v) is 3.57. The summed E-state index contributed by atoms with van der Waals surface area (Å²) in [6.45, 7) is 0. The van der Waals surface area contributed by atoms with E-state index < -0.39 is 11.8 Å². The van der Waals surface area contributed by atoms with Crippen molar-refractivity contribution in [3.05, 3.63) is 29.8 Å². The fourth-order valence-electron chi connectivity index (χ4n) is 0.868. The number of Topliss-reactive ketones (excluding diaryl/α,β-unsaturated/α-hetero) is 1. The van der Waals surface area contributed by atoms with Gasteiger partial charge in [-0.15, -0.1) is 0 Å². The number of phenols is 1. The van der Waals surface area contributed by atoms with E-state index in [0.29, 0.717) is 0 Å². The maximum absolute atomic E-state index is 11.2. The number of para-hydroxylation sites is 1. The third kappa shape index (κ3) is 2.30. The number of carbonyl (C=O) groups excluding carboxylic acids is 2. The first-order chi connectivity index (χ1) is 6.16. The molecule has 5 nitrogen and oxygen atoms in total. The number of phenolic OH excluding ortho intramolecular Hbond substituents is 1. The van der Waals surface area contributed by atoms with Crippen LogP contribution in [0, 0.1) is 0 Å². The predicted octanol–water partition coefficient (Wildman–Crippen LogP) is -0.0768. The van der Waals surface area contributed by atoms with Crippen LogP contribution in [0.25, 0.3) is 0 Å². The number of aromatic hydroxyl groups is 1. The number of benzene rings is 1. The van der Waals surface area contributed by atoms with Gasteiger partial charge in [-0.25, -0.2) is 4.79 Å². The van der Waals surface area contributed by atoms with Gasteiger partial charge in [-0.2, -0.15) is 0 Å². The number of hydrogen-bond acceptors (Lipinski definition) is 4. The van der Waals surface area contributed by atoms with E-state index in [4.69, 9.17) is 0 Å². The molecule has 0 aliphatic heterocycles. The van der Waals surface area contributed by atoms with Crippen LogP contribution >= 0.6 is 0 Å². The smallest absolute Gasteiger partial charge is 0.379 e. The van der Waals surface area contributed by atoms with Crippen molar-refractivity contribution in [1.82, 2.24) is 0 Å². The van der Waals surface area contributed by atoms with E-state index >= 15 is 0 Å². The van der Waals surface area contributed by atoms with Gasteiger partial charge in [-0.1, -0.05) is 12.1 Å². The molecule has 0 saturated carbocycles. The number of ketones is 1. The maximum atomic E-state index is 11.2. The van der Waals surface area contributed by atoms with Crippen LogP contribution in [0.3, 0.4) is 0 Å². The van der Waals surface area contributed by atoms with Gasteiger partial charge < -0.3 is 15.3 Å². The quantitative estimate of drug-likeness (QED) is 0.408. The van der Waals surface area contributed by atoms with Crippen LogP contribution in [-0.2, 0) is 9.53 Å². The number of hydrogen-bond donors (Lipinski definition) is 1. The Kier molecular flexibility index (Phi) is 4.31. The van der Waals surface area contributed by atoms with Gasteiger partial charge in [0.2, 0.25) is 0 Å². The minimum absolute atomic E-state index is 0. The molecule has 0 aliphatic rings. The number of esters is 1. The lowest BCUT2D eigenvalue weighted by Gasteiger charge is -2.00. The zero-order chi connectivity index (χ0) is 9.84. The summed E-state index contributed by atoms with van der Waals surface area (Å²) in [5.74, 6) is -2.06. The summed E-state index contributed by atoms with van der Waals surface area (Å²) in [4.78, 5) is 21.9. The lowest BCUT2D eigenvalue weighted by atomic mass is 10.1. The van der Waals surface area contributed by atoms with Gasteiger partial charge >= 0.3 is 5.97 Å². The minimum atomic E-state index is -0.985. The Balaban J connectivity index is 0.00000169. The molecule has 0 fully saturated rings. The lowest BCUT2D eigenvalue weighted by Crippen LogP contribution is -2.15. The third-order valence-electron chi connectivity index (χ3n) is 1.52. The molecule has 0 radical (unpaired) electrons. The van der Waals surface area contributed by atoms with Gasteiger partial charge in [-0.3, -0.25) is 4.79 Å². The zero-order valence-electron chi connectivity index (χ0n) is 7.48. The van der Waals surface area contributed by atoms with Crippen LogP contribution in [-0.4, -0.2) is 29.4 Å². The monoisotopic (exact) mass is 198 g/mol. The standard InChI is InChI=1S/C9H8O4.H2O/c1-13-9(12)8(11)6-4-2-3-5-7(6)10;/h2-5,10H,1H3;1H2. The molecule has 3 N–H and O–H groups in total. The second-order valence-corrected chi connectivity index (χ2v) is 2.34. The van der Waals surface area contributed by atoms with E-state index in [1.165, 1.54) is 12.1 Å². The Bertz CT molecular complexity index is 345. The molecular weight excluding hydrogens is 188 g/mol. The summed E-state index contributed by atoms with van der Waals surface area (Å²) < 4.78 is 4.22. The fraction of sp³-hybridized carbons (Fsp3) is 0.111. The fourth-order valence-corrected chi connectivity index (χ4v) is 0.868. The third-order valence-corrected chi connectivity index (χ3v) is 1.52. The molecule has 0 atom stereocenters. The van der Waals surface area contributed by atoms with Crippen molar-refractivity contribution in [2.45, 2.75) is 0 Å². The van der Waals surface area contributed by atoms with Crippen molar-refractivity contribution in [2.24, 2.45) is 0 Å². The Morgan fingerprint density at radius 1 is 1.29 bits per heavy atom. The number of rotatable bonds is 2. The van der Waals surface area contributed by atoms with Crippen molar-refractivity contribution in [3.63, 3.8) is 0 Å². The van der Waals surface area contributed by atoms with Gasteiger partial charge in [0.15, 0.2) is 0 Å². The molecule has 0 aliphatic carbocycles. The van der Waals surface area contributed by atoms with Gasteiger partial charge in [0.25, 0.3) is 5.78 Å². The molecule has 1 rings (SSSR count). The Labute approximate surface area is 80.2 Å². The number of ether oxygens (including phenoxy) is 1. The van der Waals surface area contributed by atoms with Crippen LogP contribution in [0.15, 0.2) is 24.3 Å². The van der Waals surface area contributed by atoms with Gasteiger partial charge in [0.1, 0.15) is 5.75 Å². The molecule has 0 amide bonds. The van der Waals surface area contributed by atoms with Crippen molar-refractivity contribution >= 4 is 11.8 Å². The highest BCUT2D eigenvalue weighted by molar-refractivity contribution is 6.41. The Morgan fingerprint density at radius 2 is 1.86 bits per heavy atom. The highest BCUT2D eigenvalue weighted by atomic mass is 16.5. The largest absolute Gasteiger partial charge is 0.507 e. The SMILES string of the molecule is COC(=O)C(=O)c1ccccc1O.O. The van der Waals surface area contributed by atoms with Crippen LogP contribution < -0.4 is 0 Å². The average molecular weight is 198 g/mol. The molecule has 1 aromatic rings. The zero-order valence-corrected chi connectivity index (χ0v) is 7.48. The maximum Gasteiger partial charge on any atom is 0.379 e. The molecule has 0 aromatic heterocycles. The lowest BCUT2D eigenvalue weighted by molar-refractivity contribution is -0.135. The van der Waals surface area contributed by atoms with Gasteiger partial charge in [0, 0.05) is 0 Å².